The highest BCUT2D eigenvalue weighted by molar-refractivity contribution is 5.95. The van der Waals surface area contributed by atoms with Crippen molar-refractivity contribution in [1.29, 1.82) is 0 Å². The molecular formula is C31H48O4. The second kappa shape index (κ2) is 7.45. The third kappa shape index (κ3) is 3.07. The van der Waals surface area contributed by atoms with Crippen LogP contribution in [-0.2, 0) is 14.3 Å². The molecule has 4 fully saturated rings. The number of aliphatic hydroxyl groups excluding tert-OH is 1. The number of hydrogen-bond donors (Lipinski definition) is 1. The van der Waals surface area contributed by atoms with Gasteiger partial charge in [0.25, 0.3) is 0 Å². The van der Waals surface area contributed by atoms with E-state index in [0.717, 1.165) is 57.8 Å². The Morgan fingerprint density at radius 1 is 0.943 bits per heavy atom. The number of hydrogen-bond acceptors (Lipinski definition) is 4. The lowest BCUT2D eigenvalue weighted by molar-refractivity contribution is -0.202. The third-order valence-electron chi connectivity index (χ3n) is 13.2. The summed E-state index contributed by atoms with van der Waals surface area (Å²) in [5.41, 5.74) is 0.590. The van der Waals surface area contributed by atoms with Crippen molar-refractivity contribution in [3.8, 4) is 0 Å². The number of ether oxygens (including phenoxy) is 1. The van der Waals surface area contributed by atoms with Crippen LogP contribution in [0, 0.1) is 50.2 Å². The molecule has 0 radical (unpaired) electrons. The van der Waals surface area contributed by atoms with Crippen molar-refractivity contribution in [2.75, 3.05) is 7.11 Å². The molecule has 5 aliphatic rings. The molecule has 4 heteroatoms. The predicted molar refractivity (Wildman–Crippen MR) is 137 cm³/mol. The molecule has 196 valence electrons. The Labute approximate surface area is 212 Å². The van der Waals surface area contributed by atoms with Crippen molar-refractivity contribution in [1.82, 2.24) is 0 Å². The van der Waals surface area contributed by atoms with Crippen molar-refractivity contribution in [2.24, 2.45) is 50.2 Å². The number of carbonyl (C=O) groups is 2. The standard InChI is InChI=1S/C31H48O4/c1-26(2)22-9-12-31(7)24(29(22,5)11-10-23(26)33)21(32)17-19-20-18-28(4,25(34)35-8)14-13-27(20,3)15-16-30(19,31)6/h17,20,22-24,33H,9-16,18H2,1-8H3/t20-,22+,23+,24-,27-,28-,29-,30-,31+/m1/s1. The van der Waals surface area contributed by atoms with Gasteiger partial charge in [0.15, 0.2) is 5.78 Å². The average molecular weight is 485 g/mol. The Morgan fingerprint density at radius 2 is 1.60 bits per heavy atom. The summed E-state index contributed by atoms with van der Waals surface area (Å²) >= 11 is 0. The number of esters is 1. The lowest BCUT2D eigenvalue weighted by Gasteiger charge is -2.70. The Balaban J connectivity index is 1.61. The number of carbonyl (C=O) groups excluding carboxylic acids is 2. The molecule has 0 aromatic rings. The van der Waals surface area contributed by atoms with E-state index >= 15 is 0 Å². The van der Waals surface area contributed by atoms with E-state index in [2.05, 4.69) is 54.5 Å². The molecule has 5 aliphatic carbocycles. The van der Waals surface area contributed by atoms with Crippen molar-refractivity contribution in [3.05, 3.63) is 11.6 Å². The molecule has 0 amide bonds. The monoisotopic (exact) mass is 484 g/mol. The summed E-state index contributed by atoms with van der Waals surface area (Å²) in [5, 5.41) is 10.9. The van der Waals surface area contributed by atoms with Gasteiger partial charge in [-0.2, -0.15) is 0 Å². The third-order valence-corrected chi connectivity index (χ3v) is 13.2. The normalized spacial score (nSPS) is 52.8. The van der Waals surface area contributed by atoms with Crippen LogP contribution in [0.3, 0.4) is 0 Å². The molecule has 0 unspecified atom stereocenters. The predicted octanol–water partition coefficient (Wildman–Crippen LogP) is 6.50. The first-order valence-corrected chi connectivity index (χ1v) is 14.1. The van der Waals surface area contributed by atoms with E-state index in [-0.39, 0.29) is 51.0 Å². The van der Waals surface area contributed by atoms with E-state index in [1.54, 1.807) is 0 Å². The maximum Gasteiger partial charge on any atom is 0.311 e. The van der Waals surface area contributed by atoms with Gasteiger partial charge < -0.3 is 9.84 Å². The Bertz CT molecular complexity index is 980. The number of aliphatic hydroxyl groups is 1. The zero-order valence-corrected chi connectivity index (χ0v) is 23.4. The fourth-order valence-corrected chi connectivity index (χ4v) is 10.6. The maximum atomic E-state index is 14.3. The van der Waals surface area contributed by atoms with Gasteiger partial charge in [-0.15, -0.1) is 0 Å². The summed E-state index contributed by atoms with van der Waals surface area (Å²) in [5.74, 6) is 0.805. The number of methoxy groups -OCH3 is 1. The second-order valence-corrected chi connectivity index (χ2v) is 15.1. The number of rotatable bonds is 1. The first-order valence-electron chi connectivity index (χ1n) is 14.1. The lowest BCUT2D eigenvalue weighted by atomic mass is 9.33. The van der Waals surface area contributed by atoms with Gasteiger partial charge in [-0.05, 0) is 110 Å². The number of allylic oxidation sites excluding steroid dienone is 2. The van der Waals surface area contributed by atoms with E-state index < -0.39 is 5.41 Å². The summed E-state index contributed by atoms with van der Waals surface area (Å²) < 4.78 is 5.25. The van der Waals surface area contributed by atoms with Crippen LogP contribution in [0.15, 0.2) is 11.6 Å². The molecule has 0 heterocycles. The molecule has 4 nitrogen and oxygen atoms in total. The van der Waals surface area contributed by atoms with Crippen LogP contribution in [0.4, 0.5) is 0 Å². The van der Waals surface area contributed by atoms with Crippen LogP contribution in [-0.4, -0.2) is 30.1 Å². The average Bonchev–Trinajstić information content (AvgIpc) is 2.78. The second-order valence-electron chi connectivity index (χ2n) is 15.1. The van der Waals surface area contributed by atoms with Gasteiger partial charge in [0.1, 0.15) is 0 Å². The first-order chi connectivity index (χ1) is 16.1. The van der Waals surface area contributed by atoms with Gasteiger partial charge in [-0.3, -0.25) is 9.59 Å². The highest BCUT2D eigenvalue weighted by Gasteiger charge is 2.70. The van der Waals surface area contributed by atoms with E-state index in [1.807, 2.05) is 0 Å². The summed E-state index contributed by atoms with van der Waals surface area (Å²) in [6, 6.07) is 0. The van der Waals surface area contributed by atoms with Crippen molar-refractivity contribution < 1.29 is 19.4 Å². The molecule has 4 saturated carbocycles. The Hall–Kier alpha value is -1.16. The van der Waals surface area contributed by atoms with Crippen LogP contribution < -0.4 is 0 Å². The van der Waals surface area contributed by atoms with Gasteiger partial charge in [0, 0.05) is 5.92 Å². The fourth-order valence-electron chi connectivity index (χ4n) is 10.6. The molecular weight excluding hydrogens is 436 g/mol. The molecule has 0 saturated heterocycles. The minimum atomic E-state index is -0.480. The molecule has 0 aliphatic heterocycles. The first kappa shape index (κ1) is 25.5. The SMILES string of the molecule is COC(=O)[C@]1(C)CC[C@]2(C)CC[C@]3(C)C(=CC(=O)[C@@H]4[C@]5(C)CC[C@H](O)C(C)(C)[C@@H]5CC[C@@]43C)[C@H]2C1. The van der Waals surface area contributed by atoms with Crippen LogP contribution in [0.1, 0.15) is 106 Å². The molecule has 1 N–H and O–H groups in total. The molecule has 35 heavy (non-hydrogen) atoms. The fraction of sp³-hybridized carbons (Fsp3) is 0.871. The Morgan fingerprint density at radius 3 is 2.26 bits per heavy atom. The summed E-state index contributed by atoms with van der Waals surface area (Å²) in [7, 11) is 1.50. The van der Waals surface area contributed by atoms with Crippen molar-refractivity contribution >= 4 is 11.8 Å². The van der Waals surface area contributed by atoms with Gasteiger partial charge in [0.05, 0.1) is 18.6 Å². The van der Waals surface area contributed by atoms with Crippen LogP contribution in [0.5, 0.6) is 0 Å². The van der Waals surface area contributed by atoms with Crippen molar-refractivity contribution in [3.63, 3.8) is 0 Å². The van der Waals surface area contributed by atoms with E-state index in [4.69, 9.17) is 4.74 Å². The van der Waals surface area contributed by atoms with E-state index in [1.165, 1.54) is 12.7 Å². The van der Waals surface area contributed by atoms with Gasteiger partial charge in [-0.1, -0.05) is 47.1 Å². The minimum Gasteiger partial charge on any atom is -0.469 e. The topological polar surface area (TPSA) is 63.6 Å². The zero-order chi connectivity index (χ0) is 25.8. The van der Waals surface area contributed by atoms with Crippen LogP contribution in [0.2, 0.25) is 0 Å². The Kier molecular flexibility index (Phi) is 5.43. The minimum absolute atomic E-state index is 0.00536. The van der Waals surface area contributed by atoms with E-state index in [9.17, 15) is 14.7 Å². The maximum absolute atomic E-state index is 14.3. The molecule has 9 atom stereocenters. The number of ketones is 1. The molecule has 0 aromatic carbocycles. The lowest BCUT2D eigenvalue weighted by Crippen LogP contribution is -2.66. The summed E-state index contributed by atoms with van der Waals surface area (Å²) in [4.78, 5) is 27.1. The van der Waals surface area contributed by atoms with Crippen molar-refractivity contribution in [2.45, 2.75) is 112 Å². The van der Waals surface area contributed by atoms with E-state index in [0.29, 0.717) is 11.7 Å². The summed E-state index contributed by atoms with van der Waals surface area (Å²) in [6.07, 6.45) is 10.5. The molecule has 0 spiro atoms. The van der Waals surface area contributed by atoms with Gasteiger partial charge in [-0.25, -0.2) is 0 Å². The smallest absolute Gasteiger partial charge is 0.311 e. The largest absolute Gasteiger partial charge is 0.469 e. The zero-order valence-electron chi connectivity index (χ0n) is 23.4. The highest BCUT2D eigenvalue weighted by atomic mass is 16.5. The quantitative estimate of drug-likeness (QED) is 0.431. The van der Waals surface area contributed by atoms with Crippen LogP contribution in [0.25, 0.3) is 0 Å². The van der Waals surface area contributed by atoms with Crippen LogP contribution >= 0.6 is 0 Å². The molecule has 0 bridgehead atoms. The van der Waals surface area contributed by atoms with Gasteiger partial charge in [0.2, 0.25) is 0 Å². The van der Waals surface area contributed by atoms with Gasteiger partial charge >= 0.3 is 5.97 Å². The molecule has 0 aromatic heterocycles. The number of fused-ring (bicyclic) bond motifs is 7. The summed E-state index contributed by atoms with van der Waals surface area (Å²) in [6.45, 7) is 16.2. The highest BCUT2D eigenvalue weighted by Crippen LogP contribution is 2.75. The molecule has 5 rings (SSSR count).